The lowest BCUT2D eigenvalue weighted by Gasteiger charge is -2.32. The van der Waals surface area contributed by atoms with Crippen molar-refractivity contribution in [3.8, 4) is 0 Å². The molecule has 1 aliphatic heterocycles. The topological polar surface area (TPSA) is 68.1 Å². The van der Waals surface area contributed by atoms with Crippen LogP contribution in [0.3, 0.4) is 0 Å². The van der Waals surface area contributed by atoms with E-state index in [0.717, 1.165) is 16.4 Å². The summed E-state index contributed by atoms with van der Waals surface area (Å²) in [5.41, 5.74) is -1.26. The van der Waals surface area contributed by atoms with Crippen molar-refractivity contribution in [3.63, 3.8) is 0 Å². The van der Waals surface area contributed by atoms with Gasteiger partial charge in [-0.2, -0.15) is 17.5 Å². The molecule has 1 aromatic heterocycles. The van der Waals surface area contributed by atoms with Crippen LogP contribution in [0, 0.1) is 0 Å². The number of hydrogen-bond donors (Lipinski definition) is 0. The number of rotatable bonds is 4. The van der Waals surface area contributed by atoms with E-state index in [2.05, 4.69) is 10.2 Å². The zero-order chi connectivity index (χ0) is 20.7. The van der Waals surface area contributed by atoms with Gasteiger partial charge in [0.05, 0.1) is 10.5 Å². The highest BCUT2D eigenvalue weighted by atomic mass is 35.5. The Kier molecular flexibility index (Phi) is 5.75. The Hall–Kier alpha value is -1.65. The van der Waals surface area contributed by atoms with Crippen molar-refractivity contribution < 1.29 is 21.6 Å². The fourth-order valence-electron chi connectivity index (χ4n) is 3.40. The molecule has 2 heterocycles. The molecule has 0 radical (unpaired) electrons. The number of piperidine rings is 1. The van der Waals surface area contributed by atoms with Crippen LogP contribution in [0.25, 0.3) is 0 Å². The van der Waals surface area contributed by atoms with E-state index in [9.17, 15) is 21.6 Å². The molecule has 1 unspecified atom stereocenters. The van der Waals surface area contributed by atoms with E-state index in [-0.39, 0.29) is 30.1 Å². The molecule has 1 saturated heterocycles. The van der Waals surface area contributed by atoms with Gasteiger partial charge >= 0.3 is 6.18 Å². The van der Waals surface area contributed by atoms with Crippen LogP contribution < -0.4 is 0 Å². The second kappa shape index (κ2) is 7.64. The van der Waals surface area contributed by atoms with Crippen molar-refractivity contribution in [1.82, 2.24) is 19.1 Å². The summed E-state index contributed by atoms with van der Waals surface area (Å²) < 4.78 is 69.2. The lowest BCUT2D eigenvalue weighted by atomic mass is 9.98. The molecule has 0 N–H and O–H groups in total. The van der Waals surface area contributed by atoms with Gasteiger partial charge in [0.15, 0.2) is 0 Å². The fraction of sp³-hybridized carbons (Fsp3) is 0.529. The molecular formula is C17H20ClF3N4O2S. The van der Waals surface area contributed by atoms with Crippen molar-refractivity contribution in [2.75, 3.05) is 13.1 Å². The lowest BCUT2D eigenvalue weighted by molar-refractivity contribution is -0.139. The molecule has 11 heteroatoms. The summed E-state index contributed by atoms with van der Waals surface area (Å²) in [6.07, 6.45) is -2.05. The molecular weight excluding hydrogens is 417 g/mol. The molecule has 2 aromatic rings. The summed E-state index contributed by atoms with van der Waals surface area (Å²) in [5.74, 6) is 0.400. The maximum absolute atomic E-state index is 13.4. The molecule has 3 rings (SSSR count). The Bertz CT molecular complexity index is 960. The van der Waals surface area contributed by atoms with E-state index in [1.54, 1.807) is 6.33 Å². The van der Waals surface area contributed by atoms with E-state index < -0.39 is 26.7 Å². The zero-order valence-corrected chi connectivity index (χ0v) is 16.9. The van der Waals surface area contributed by atoms with E-state index in [1.165, 1.54) is 0 Å². The standard InChI is InChI=1S/C17H20ClF3N4O2S/c1-11(2)25-10-22-23-16(25)12-4-3-7-24(9-12)28(26,27)15-6-5-13(18)8-14(15)17(19,20)21/h5-6,8,10-12H,3-4,7,9H2,1-2H3. The first-order chi connectivity index (χ1) is 13.0. The molecule has 28 heavy (non-hydrogen) atoms. The molecule has 0 saturated carbocycles. The van der Waals surface area contributed by atoms with E-state index in [1.807, 2.05) is 18.4 Å². The van der Waals surface area contributed by atoms with Crippen molar-refractivity contribution in [3.05, 3.63) is 40.9 Å². The van der Waals surface area contributed by atoms with Gasteiger partial charge < -0.3 is 4.57 Å². The largest absolute Gasteiger partial charge is 0.417 e. The summed E-state index contributed by atoms with van der Waals surface area (Å²) in [6, 6.07) is 2.80. The minimum atomic E-state index is -4.83. The Morgan fingerprint density at radius 2 is 2.00 bits per heavy atom. The van der Waals surface area contributed by atoms with E-state index in [4.69, 9.17) is 11.6 Å². The molecule has 6 nitrogen and oxygen atoms in total. The quantitative estimate of drug-likeness (QED) is 0.723. The number of halogens is 4. The van der Waals surface area contributed by atoms with Crippen LogP contribution in [-0.4, -0.2) is 40.6 Å². The molecule has 0 bridgehead atoms. The van der Waals surface area contributed by atoms with Gasteiger partial charge in [0, 0.05) is 30.1 Å². The zero-order valence-electron chi connectivity index (χ0n) is 15.3. The third kappa shape index (κ3) is 4.04. The van der Waals surface area contributed by atoms with Crippen LogP contribution in [0.15, 0.2) is 29.4 Å². The highest BCUT2D eigenvalue weighted by Crippen LogP contribution is 2.38. The predicted octanol–water partition coefficient (Wildman–Crippen LogP) is 4.10. The van der Waals surface area contributed by atoms with Gasteiger partial charge in [0.2, 0.25) is 10.0 Å². The van der Waals surface area contributed by atoms with E-state index in [0.29, 0.717) is 24.7 Å². The number of aromatic nitrogens is 3. The summed E-state index contributed by atoms with van der Waals surface area (Å²) in [7, 11) is -4.35. The highest BCUT2D eigenvalue weighted by molar-refractivity contribution is 7.89. The smallest absolute Gasteiger partial charge is 0.315 e. The van der Waals surface area contributed by atoms with Gasteiger partial charge in [-0.05, 0) is 44.9 Å². The van der Waals surface area contributed by atoms with Crippen LogP contribution in [0.2, 0.25) is 5.02 Å². The molecule has 1 aliphatic rings. The van der Waals surface area contributed by atoms with Gasteiger partial charge in [-0.3, -0.25) is 0 Å². The second-order valence-corrected chi connectivity index (χ2v) is 9.37. The van der Waals surface area contributed by atoms with Crippen LogP contribution in [0.5, 0.6) is 0 Å². The molecule has 1 aromatic carbocycles. The SMILES string of the molecule is CC(C)n1cnnc1C1CCCN(S(=O)(=O)c2ccc(Cl)cc2C(F)(F)F)C1. The predicted molar refractivity (Wildman–Crippen MR) is 97.6 cm³/mol. The van der Waals surface area contributed by atoms with Crippen molar-refractivity contribution in [1.29, 1.82) is 0 Å². The van der Waals surface area contributed by atoms with Gasteiger partial charge in [0.1, 0.15) is 12.2 Å². The van der Waals surface area contributed by atoms with Crippen LogP contribution in [0.1, 0.15) is 50.0 Å². The highest BCUT2D eigenvalue weighted by Gasteiger charge is 2.41. The second-order valence-electron chi connectivity index (χ2n) is 7.03. The average molecular weight is 437 g/mol. The third-order valence-electron chi connectivity index (χ3n) is 4.77. The lowest BCUT2D eigenvalue weighted by Crippen LogP contribution is -2.40. The number of benzene rings is 1. The molecule has 154 valence electrons. The van der Waals surface area contributed by atoms with Crippen LogP contribution in [-0.2, 0) is 16.2 Å². The molecule has 0 spiro atoms. The van der Waals surface area contributed by atoms with Crippen LogP contribution in [0.4, 0.5) is 13.2 Å². The van der Waals surface area contributed by atoms with Crippen molar-refractivity contribution in [2.24, 2.45) is 0 Å². The number of alkyl halides is 3. The molecule has 1 fully saturated rings. The maximum Gasteiger partial charge on any atom is 0.417 e. The number of sulfonamides is 1. The minimum Gasteiger partial charge on any atom is -0.315 e. The number of nitrogens with zero attached hydrogens (tertiary/aromatic N) is 4. The van der Waals surface area contributed by atoms with Gasteiger partial charge in [0.25, 0.3) is 0 Å². The Morgan fingerprint density at radius 1 is 1.29 bits per heavy atom. The van der Waals surface area contributed by atoms with E-state index >= 15 is 0 Å². The van der Waals surface area contributed by atoms with Crippen molar-refractivity contribution >= 4 is 21.6 Å². The monoisotopic (exact) mass is 436 g/mol. The van der Waals surface area contributed by atoms with Gasteiger partial charge in [-0.1, -0.05) is 11.6 Å². The summed E-state index contributed by atoms with van der Waals surface area (Å²) in [5, 5.41) is 7.84. The average Bonchev–Trinajstić information content (AvgIpc) is 3.11. The maximum atomic E-state index is 13.4. The van der Waals surface area contributed by atoms with Crippen molar-refractivity contribution in [2.45, 2.75) is 49.7 Å². The fourth-order valence-corrected chi connectivity index (χ4v) is 5.29. The van der Waals surface area contributed by atoms with Crippen LogP contribution >= 0.6 is 11.6 Å². The Morgan fingerprint density at radius 3 is 2.64 bits per heavy atom. The summed E-state index contributed by atoms with van der Waals surface area (Å²) in [4.78, 5) is -0.782. The Balaban J connectivity index is 1.96. The number of hydrogen-bond acceptors (Lipinski definition) is 4. The molecule has 1 atom stereocenters. The third-order valence-corrected chi connectivity index (χ3v) is 6.93. The first-order valence-electron chi connectivity index (χ1n) is 8.78. The summed E-state index contributed by atoms with van der Waals surface area (Å²) >= 11 is 5.67. The first kappa shape index (κ1) is 21.1. The summed E-state index contributed by atoms with van der Waals surface area (Å²) in [6.45, 7) is 4.10. The first-order valence-corrected chi connectivity index (χ1v) is 10.6. The Labute approximate surface area is 166 Å². The van der Waals surface area contributed by atoms with Gasteiger partial charge in [-0.25, -0.2) is 8.42 Å². The molecule has 0 amide bonds. The normalized spacial score (nSPS) is 19.3. The van der Waals surface area contributed by atoms with Gasteiger partial charge in [-0.15, -0.1) is 10.2 Å². The molecule has 0 aliphatic carbocycles. The minimum absolute atomic E-state index is 0.0493.